The van der Waals surface area contributed by atoms with Gasteiger partial charge in [-0.3, -0.25) is 0 Å². The molecule has 0 aliphatic carbocycles. The van der Waals surface area contributed by atoms with Crippen LogP contribution in [0.2, 0.25) is 0 Å². The van der Waals surface area contributed by atoms with Gasteiger partial charge in [0.15, 0.2) is 0 Å². The Morgan fingerprint density at radius 2 is 2.28 bits per heavy atom. The van der Waals surface area contributed by atoms with E-state index in [1.165, 1.54) is 15.3 Å². The maximum atomic E-state index is 5.76. The molecule has 0 amide bonds. The van der Waals surface area contributed by atoms with Gasteiger partial charge in [-0.05, 0) is 31.0 Å². The number of rotatable bonds is 7. The van der Waals surface area contributed by atoms with E-state index < -0.39 is 0 Å². The number of thiophene rings is 1. The molecule has 1 fully saturated rings. The highest BCUT2D eigenvalue weighted by molar-refractivity contribution is 7.12. The van der Waals surface area contributed by atoms with Crippen LogP contribution in [0.4, 0.5) is 0 Å². The van der Waals surface area contributed by atoms with Crippen LogP contribution in [-0.4, -0.2) is 25.9 Å². The molecule has 2 heterocycles. The van der Waals surface area contributed by atoms with Gasteiger partial charge in [-0.15, -0.1) is 11.3 Å². The zero-order valence-corrected chi connectivity index (χ0v) is 12.3. The lowest BCUT2D eigenvalue weighted by Gasteiger charge is -2.25. The molecule has 4 heteroatoms. The fourth-order valence-electron chi connectivity index (χ4n) is 1.82. The smallest absolute Gasteiger partial charge is 0.105 e. The molecule has 0 bridgehead atoms. The van der Waals surface area contributed by atoms with Crippen LogP contribution in [0.25, 0.3) is 0 Å². The Kier molecular flexibility index (Phi) is 5.18. The first-order valence-electron chi connectivity index (χ1n) is 6.63. The third-order valence-electron chi connectivity index (χ3n) is 3.01. The Labute approximate surface area is 113 Å². The van der Waals surface area contributed by atoms with Crippen LogP contribution >= 0.6 is 11.3 Å². The molecule has 0 radical (unpaired) electrons. The zero-order valence-electron chi connectivity index (χ0n) is 11.5. The minimum atomic E-state index is 0.312. The van der Waals surface area contributed by atoms with E-state index in [0.717, 1.165) is 32.9 Å². The molecular formula is C14H23NO2S. The molecule has 0 saturated carbocycles. The van der Waals surface area contributed by atoms with Gasteiger partial charge < -0.3 is 14.8 Å². The Morgan fingerprint density at radius 3 is 2.89 bits per heavy atom. The predicted molar refractivity (Wildman–Crippen MR) is 75.0 cm³/mol. The molecule has 102 valence electrons. The summed E-state index contributed by atoms with van der Waals surface area (Å²) in [5.41, 5.74) is 1.33. The molecule has 0 atom stereocenters. The molecule has 1 aliphatic rings. The van der Waals surface area contributed by atoms with Gasteiger partial charge in [-0.25, -0.2) is 0 Å². The molecule has 3 nitrogen and oxygen atoms in total. The Hall–Kier alpha value is -0.420. The van der Waals surface area contributed by atoms with Crippen molar-refractivity contribution < 1.29 is 9.47 Å². The van der Waals surface area contributed by atoms with Crippen LogP contribution in [-0.2, 0) is 22.6 Å². The number of nitrogens with one attached hydrogen (secondary N) is 1. The van der Waals surface area contributed by atoms with Crippen molar-refractivity contribution >= 4 is 11.3 Å². The molecule has 1 saturated heterocycles. The van der Waals surface area contributed by atoms with E-state index in [1.807, 2.05) is 11.3 Å². The zero-order chi connectivity index (χ0) is 13.0. The summed E-state index contributed by atoms with van der Waals surface area (Å²) in [6, 6.07) is 2.27. The SMILES string of the molecule is Cc1sc(CNCC(C)C)cc1COC1COC1. The van der Waals surface area contributed by atoms with E-state index in [-0.39, 0.29) is 0 Å². The van der Waals surface area contributed by atoms with Crippen LogP contribution in [0.15, 0.2) is 6.07 Å². The summed E-state index contributed by atoms with van der Waals surface area (Å²) < 4.78 is 10.9. The van der Waals surface area contributed by atoms with Crippen molar-refractivity contribution in [2.75, 3.05) is 19.8 Å². The maximum Gasteiger partial charge on any atom is 0.105 e. The highest BCUT2D eigenvalue weighted by atomic mass is 32.1. The monoisotopic (exact) mass is 269 g/mol. The lowest BCUT2D eigenvalue weighted by molar-refractivity contribution is -0.135. The van der Waals surface area contributed by atoms with E-state index in [9.17, 15) is 0 Å². The van der Waals surface area contributed by atoms with E-state index >= 15 is 0 Å². The Morgan fingerprint density at radius 1 is 1.50 bits per heavy atom. The molecular weight excluding hydrogens is 246 g/mol. The number of aryl methyl sites for hydroxylation is 1. The summed E-state index contributed by atoms with van der Waals surface area (Å²) in [4.78, 5) is 2.77. The Balaban J connectivity index is 1.78. The highest BCUT2D eigenvalue weighted by Crippen LogP contribution is 2.23. The van der Waals surface area contributed by atoms with E-state index in [2.05, 4.69) is 32.2 Å². The van der Waals surface area contributed by atoms with Gasteiger partial charge in [0.2, 0.25) is 0 Å². The summed E-state index contributed by atoms with van der Waals surface area (Å²) in [6.07, 6.45) is 0.312. The first kappa shape index (κ1) is 14.0. The van der Waals surface area contributed by atoms with Gasteiger partial charge in [0.1, 0.15) is 6.10 Å². The van der Waals surface area contributed by atoms with Crippen LogP contribution in [0.5, 0.6) is 0 Å². The third-order valence-corrected chi connectivity index (χ3v) is 4.10. The molecule has 1 N–H and O–H groups in total. The standard InChI is InChI=1S/C14H23NO2S/c1-10(2)5-15-6-14-4-12(11(3)18-14)7-17-13-8-16-9-13/h4,10,13,15H,5-9H2,1-3H3. The first-order chi connectivity index (χ1) is 8.65. The lowest BCUT2D eigenvalue weighted by atomic mass is 10.2. The minimum absolute atomic E-state index is 0.312. The van der Waals surface area contributed by atoms with Crippen molar-refractivity contribution in [3.05, 3.63) is 21.4 Å². The maximum absolute atomic E-state index is 5.76. The van der Waals surface area contributed by atoms with Crippen molar-refractivity contribution in [3.63, 3.8) is 0 Å². The second kappa shape index (κ2) is 6.66. The van der Waals surface area contributed by atoms with Crippen LogP contribution < -0.4 is 5.32 Å². The van der Waals surface area contributed by atoms with Crippen LogP contribution in [0, 0.1) is 12.8 Å². The summed E-state index contributed by atoms with van der Waals surface area (Å²) in [6.45, 7) is 10.9. The summed E-state index contributed by atoms with van der Waals surface area (Å²) in [7, 11) is 0. The number of ether oxygens (including phenoxy) is 2. The highest BCUT2D eigenvalue weighted by Gasteiger charge is 2.19. The van der Waals surface area contributed by atoms with Gasteiger partial charge in [0.25, 0.3) is 0 Å². The van der Waals surface area contributed by atoms with E-state index in [1.54, 1.807) is 0 Å². The third kappa shape index (κ3) is 4.05. The van der Waals surface area contributed by atoms with Gasteiger partial charge >= 0.3 is 0 Å². The second-order valence-electron chi connectivity index (χ2n) is 5.29. The molecule has 1 aromatic rings. The van der Waals surface area contributed by atoms with Crippen LogP contribution in [0.1, 0.15) is 29.2 Å². The average molecular weight is 269 g/mol. The fraction of sp³-hybridized carbons (Fsp3) is 0.714. The molecule has 1 aliphatic heterocycles. The predicted octanol–water partition coefficient (Wildman–Crippen LogP) is 2.72. The van der Waals surface area contributed by atoms with Crippen molar-refractivity contribution in [3.8, 4) is 0 Å². The fourth-order valence-corrected chi connectivity index (χ4v) is 2.84. The van der Waals surface area contributed by atoms with E-state index in [4.69, 9.17) is 9.47 Å². The molecule has 2 rings (SSSR count). The molecule has 0 unspecified atom stereocenters. The van der Waals surface area contributed by atoms with Crippen molar-refractivity contribution in [2.24, 2.45) is 5.92 Å². The molecule has 1 aromatic heterocycles. The second-order valence-corrected chi connectivity index (χ2v) is 6.63. The van der Waals surface area contributed by atoms with Crippen molar-refractivity contribution in [2.45, 2.75) is 40.0 Å². The lowest BCUT2D eigenvalue weighted by Crippen LogP contribution is -2.35. The van der Waals surface area contributed by atoms with Gasteiger partial charge in [0.05, 0.1) is 19.8 Å². The Bertz CT molecular complexity index is 372. The van der Waals surface area contributed by atoms with Gasteiger partial charge in [-0.2, -0.15) is 0 Å². The number of hydrogen-bond donors (Lipinski definition) is 1. The summed E-state index contributed by atoms with van der Waals surface area (Å²) in [5.74, 6) is 0.701. The molecule has 0 spiro atoms. The van der Waals surface area contributed by atoms with Crippen LogP contribution in [0.3, 0.4) is 0 Å². The minimum Gasteiger partial charge on any atom is -0.376 e. The average Bonchev–Trinajstić information content (AvgIpc) is 2.57. The number of hydrogen-bond acceptors (Lipinski definition) is 4. The molecule has 0 aromatic carbocycles. The van der Waals surface area contributed by atoms with E-state index in [0.29, 0.717) is 12.0 Å². The van der Waals surface area contributed by atoms with Crippen molar-refractivity contribution in [1.29, 1.82) is 0 Å². The normalized spacial score (nSPS) is 16.2. The summed E-state index contributed by atoms with van der Waals surface area (Å²) >= 11 is 1.87. The quantitative estimate of drug-likeness (QED) is 0.825. The first-order valence-corrected chi connectivity index (χ1v) is 7.45. The van der Waals surface area contributed by atoms with Gasteiger partial charge in [0, 0.05) is 16.3 Å². The largest absolute Gasteiger partial charge is 0.376 e. The summed E-state index contributed by atoms with van der Waals surface area (Å²) in [5, 5.41) is 3.48. The molecule has 18 heavy (non-hydrogen) atoms. The topological polar surface area (TPSA) is 30.5 Å². The van der Waals surface area contributed by atoms with Gasteiger partial charge in [-0.1, -0.05) is 13.8 Å². The van der Waals surface area contributed by atoms with Crippen molar-refractivity contribution in [1.82, 2.24) is 5.32 Å².